The van der Waals surface area contributed by atoms with Gasteiger partial charge in [0, 0.05) is 44.5 Å². The molecule has 0 aromatic carbocycles. The Labute approximate surface area is 154 Å². The van der Waals surface area contributed by atoms with Gasteiger partial charge in [-0.05, 0) is 12.8 Å². The van der Waals surface area contributed by atoms with Gasteiger partial charge in [-0.3, -0.25) is 14.6 Å². The lowest BCUT2D eigenvalue weighted by molar-refractivity contribution is -0.190. The van der Waals surface area contributed by atoms with Crippen LogP contribution in [-0.4, -0.2) is 66.9 Å². The van der Waals surface area contributed by atoms with E-state index in [9.17, 15) is 18.0 Å². The monoisotopic (exact) mass is 392 g/mol. The first-order valence-corrected chi connectivity index (χ1v) is 9.57. The summed E-state index contributed by atoms with van der Waals surface area (Å²) in [6.45, 7) is 2.75. The molecule has 1 N–H and O–H groups in total. The molecule has 6 nitrogen and oxygen atoms in total. The number of amides is 1. The summed E-state index contributed by atoms with van der Waals surface area (Å²) in [5.74, 6) is -0.0502. The van der Waals surface area contributed by atoms with E-state index in [1.165, 1.54) is 23.2 Å². The minimum atomic E-state index is -4.30. The molecule has 1 aliphatic heterocycles. The van der Waals surface area contributed by atoms with Crippen LogP contribution in [0.1, 0.15) is 25.5 Å². The van der Waals surface area contributed by atoms with Crippen molar-refractivity contribution in [3.05, 3.63) is 11.1 Å². The molecule has 2 heterocycles. The van der Waals surface area contributed by atoms with Gasteiger partial charge in [0.2, 0.25) is 5.91 Å². The molecule has 1 saturated carbocycles. The summed E-state index contributed by atoms with van der Waals surface area (Å²) in [5.41, 5.74) is 0.653. The second-order valence-corrected chi connectivity index (χ2v) is 7.41. The van der Waals surface area contributed by atoms with Gasteiger partial charge < -0.3 is 10.1 Å². The van der Waals surface area contributed by atoms with Crippen LogP contribution in [-0.2, 0) is 16.1 Å². The van der Waals surface area contributed by atoms with E-state index in [4.69, 9.17) is 4.74 Å². The molecule has 0 radical (unpaired) electrons. The molecule has 1 unspecified atom stereocenters. The Morgan fingerprint density at radius 3 is 2.73 bits per heavy atom. The molecule has 3 rings (SSSR count). The minimum Gasteiger partial charge on any atom is -0.379 e. The first-order chi connectivity index (χ1) is 12.4. The number of nitrogens with zero attached hydrogens (tertiary/aromatic N) is 3. The van der Waals surface area contributed by atoms with Gasteiger partial charge in [0.25, 0.3) is 0 Å². The number of alkyl halides is 3. The zero-order valence-corrected chi connectivity index (χ0v) is 15.4. The first-order valence-electron chi connectivity index (χ1n) is 8.69. The van der Waals surface area contributed by atoms with Gasteiger partial charge in [0.1, 0.15) is 6.04 Å². The molecule has 1 aromatic heterocycles. The highest BCUT2D eigenvalue weighted by molar-refractivity contribution is 7.14. The molecule has 26 heavy (non-hydrogen) atoms. The molecule has 0 bridgehead atoms. The quantitative estimate of drug-likeness (QED) is 0.769. The van der Waals surface area contributed by atoms with Crippen LogP contribution in [0.2, 0.25) is 0 Å². The van der Waals surface area contributed by atoms with E-state index in [0.29, 0.717) is 24.0 Å². The summed E-state index contributed by atoms with van der Waals surface area (Å²) in [6, 6.07) is -1.32. The molecule has 1 amide bonds. The van der Waals surface area contributed by atoms with Gasteiger partial charge in [-0.15, -0.1) is 11.3 Å². The normalized spacial score (nSPS) is 20.2. The Balaban J connectivity index is 1.55. The number of anilines is 1. The lowest BCUT2D eigenvalue weighted by Gasteiger charge is -2.35. The summed E-state index contributed by atoms with van der Waals surface area (Å²) >= 11 is 1.35. The van der Waals surface area contributed by atoms with Crippen molar-refractivity contribution in [2.75, 3.05) is 37.7 Å². The number of hydrogen-bond donors (Lipinski definition) is 1. The average molecular weight is 392 g/mol. The van der Waals surface area contributed by atoms with E-state index in [1.54, 1.807) is 10.3 Å². The molecule has 1 aliphatic carbocycles. The zero-order valence-electron chi connectivity index (χ0n) is 14.6. The Hall–Kier alpha value is -1.23. The number of hydrogen-bond acceptors (Lipinski definition) is 6. The number of ether oxygens (including phenoxy) is 1. The van der Waals surface area contributed by atoms with Gasteiger partial charge >= 0.3 is 6.18 Å². The number of thiazole rings is 1. The van der Waals surface area contributed by atoms with Crippen LogP contribution in [0.3, 0.4) is 0 Å². The largest absolute Gasteiger partial charge is 0.405 e. The molecular weight excluding hydrogens is 369 g/mol. The maximum absolute atomic E-state index is 13.3. The molecule has 146 valence electrons. The third-order valence-electron chi connectivity index (χ3n) is 4.51. The number of nitrogens with one attached hydrogen (secondary N) is 1. The highest BCUT2D eigenvalue weighted by Gasteiger charge is 2.43. The van der Waals surface area contributed by atoms with E-state index in [2.05, 4.69) is 10.3 Å². The van der Waals surface area contributed by atoms with Crippen molar-refractivity contribution in [1.82, 2.24) is 15.2 Å². The van der Waals surface area contributed by atoms with Gasteiger partial charge in [-0.25, -0.2) is 4.98 Å². The molecule has 1 atom stereocenters. The second kappa shape index (κ2) is 8.20. The third kappa shape index (κ3) is 4.93. The van der Waals surface area contributed by atoms with Crippen LogP contribution in [0, 0.1) is 0 Å². The number of carbonyl (C=O) groups excluding carboxylic acids is 1. The fraction of sp³-hybridized carbons (Fsp3) is 0.750. The lowest BCUT2D eigenvalue weighted by atomic mass is 10.2. The van der Waals surface area contributed by atoms with Crippen LogP contribution < -0.4 is 10.2 Å². The Bertz CT molecular complexity index is 615. The van der Waals surface area contributed by atoms with E-state index in [-0.39, 0.29) is 38.1 Å². The number of aromatic nitrogens is 1. The van der Waals surface area contributed by atoms with Crippen molar-refractivity contribution in [1.29, 1.82) is 0 Å². The molecule has 1 aromatic rings. The second-order valence-electron chi connectivity index (χ2n) is 6.58. The van der Waals surface area contributed by atoms with Crippen LogP contribution >= 0.6 is 11.3 Å². The summed E-state index contributed by atoms with van der Waals surface area (Å²) in [5, 5.41) is 5.28. The molecule has 10 heteroatoms. The maximum Gasteiger partial charge on any atom is 0.405 e. The topological polar surface area (TPSA) is 57.7 Å². The van der Waals surface area contributed by atoms with Crippen LogP contribution in [0.5, 0.6) is 0 Å². The average Bonchev–Trinajstić information content (AvgIpc) is 3.29. The standard InChI is InChI=1S/C16H23F3N4O2S/c1-11(24)23(13-2-3-13)15-21-12(10-26-15)8-20-9-14(16(17,18)19)22-4-6-25-7-5-22/h10,13-14,20H,2-9H2,1H3. The van der Waals surface area contributed by atoms with Gasteiger partial charge in [-0.1, -0.05) is 0 Å². The highest BCUT2D eigenvalue weighted by Crippen LogP contribution is 2.33. The lowest BCUT2D eigenvalue weighted by Crippen LogP contribution is -2.54. The smallest absolute Gasteiger partial charge is 0.379 e. The minimum absolute atomic E-state index is 0.0502. The van der Waals surface area contributed by atoms with Crippen molar-refractivity contribution in [2.24, 2.45) is 0 Å². The molecular formula is C16H23F3N4O2S. The molecule has 2 fully saturated rings. The van der Waals surface area contributed by atoms with Crippen molar-refractivity contribution in [2.45, 2.75) is 44.6 Å². The van der Waals surface area contributed by atoms with Crippen molar-refractivity contribution in [3.8, 4) is 0 Å². The summed E-state index contributed by atoms with van der Waals surface area (Å²) < 4.78 is 45.2. The number of halogens is 3. The van der Waals surface area contributed by atoms with Crippen molar-refractivity contribution >= 4 is 22.4 Å². The Morgan fingerprint density at radius 1 is 1.46 bits per heavy atom. The fourth-order valence-corrected chi connectivity index (χ4v) is 3.99. The summed E-state index contributed by atoms with van der Waals surface area (Å²) in [4.78, 5) is 19.3. The molecule has 0 spiro atoms. The van der Waals surface area contributed by atoms with E-state index in [1.807, 2.05) is 0 Å². The number of morpholine rings is 1. The zero-order chi connectivity index (χ0) is 18.7. The Kier molecular flexibility index (Phi) is 6.16. The van der Waals surface area contributed by atoms with Gasteiger partial charge in [0.05, 0.1) is 18.9 Å². The van der Waals surface area contributed by atoms with Crippen molar-refractivity contribution < 1.29 is 22.7 Å². The first kappa shape index (κ1) is 19.5. The van der Waals surface area contributed by atoms with Gasteiger partial charge in [-0.2, -0.15) is 13.2 Å². The van der Waals surface area contributed by atoms with Crippen LogP contribution in [0.15, 0.2) is 5.38 Å². The Morgan fingerprint density at radius 2 is 2.15 bits per heavy atom. The van der Waals surface area contributed by atoms with Crippen LogP contribution in [0.25, 0.3) is 0 Å². The SMILES string of the molecule is CC(=O)N(c1nc(CNCC(N2CCOCC2)C(F)(F)F)cs1)C1CC1. The molecule has 2 aliphatic rings. The predicted octanol–water partition coefficient (Wildman–Crippen LogP) is 2.01. The summed E-state index contributed by atoms with van der Waals surface area (Å²) in [6.07, 6.45) is -2.35. The molecule has 1 saturated heterocycles. The van der Waals surface area contributed by atoms with E-state index >= 15 is 0 Å². The highest BCUT2D eigenvalue weighted by atomic mass is 32.1. The third-order valence-corrected chi connectivity index (χ3v) is 5.39. The van der Waals surface area contributed by atoms with Gasteiger partial charge in [0.15, 0.2) is 5.13 Å². The maximum atomic E-state index is 13.3. The van der Waals surface area contributed by atoms with Crippen molar-refractivity contribution in [3.63, 3.8) is 0 Å². The van der Waals surface area contributed by atoms with Crippen LogP contribution in [0.4, 0.5) is 18.3 Å². The predicted molar refractivity (Wildman–Crippen MR) is 92.2 cm³/mol. The van der Waals surface area contributed by atoms with E-state index < -0.39 is 12.2 Å². The number of rotatable bonds is 7. The fourth-order valence-electron chi connectivity index (χ4n) is 3.05. The summed E-state index contributed by atoms with van der Waals surface area (Å²) in [7, 11) is 0. The number of carbonyl (C=O) groups is 1. The van der Waals surface area contributed by atoms with E-state index in [0.717, 1.165) is 12.8 Å².